The maximum atomic E-state index is 12.0. The predicted octanol–water partition coefficient (Wildman–Crippen LogP) is 1.86. The lowest BCUT2D eigenvalue weighted by Gasteiger charge is -2.20. The number of anilines is 2. The Morgan fingerprint density at radius 2 is 1.58 bits per heavy atom. The van der Waals surface area contributed by atoms with Crippen molar-refractivity contribution < 1.29 is 19.1 Å². The molecular formula is C17H25N3O4. The Morgan fingerprint density at radius 3 is 2.08 bits per heavy atom. The van der Waals surface area contributed by atoms with Crippen LogP contribution >= 0.6 is 0 Å². The van der Waals surface area contributed by atoms with E-state index in [-0.39, 0.29) is 24.1 Å². The molecule has 0 saturated heterocycles. The lowest BCUT2D eigenvalue weighted by atomic mass is 10.2. The number of rotatable bonds is 9. The molecule has 0 aliphatic carbocycles. The molecule has 1 aromatic carbocycles. The molecule has 3 amide bonds. The van der Waals surface area contributed by atoms with E-state index in [2.05, 4.69) is 10.6 Å². The van der Waals surface area contributed by atoms with Crippen LogP contribution in [-0.2, 0) is 19.1 Å². The van der Waals surface area contributed by atoms with Crippen LogP contribution < -0.4 is 10.6 Å². The fraction of sp³-hybridized carbons (Fsp3) is 0.471. The number of hydrogen-bond donors (Lipinski definition) is 2. The molecule has 0 saturated carbocycles. The molecular weight excluding hydrogens is 310 g/mol. The molecule has 0 unspecified atom stereocenters. The van der Waals surface area contributed by atoms with E-state index in [1.807, 2.05) is 0 Å². The van der Waals surface area contributed by atoms with Gasteiger partial charge in [0.15, 0.2) is 0 Å². The summed E-state index contributed by atoms with van der Waals surface area (Å²) in [6.07, 6.45) is 0.961. The molecule has 0 fully saturated rings. The van der Waals surface area contributed by atoms with E-state index in [9.17, 15) is 14.4 Å². The first-order valence-corrected chi connectivity index (χ1v) is 7.84. The van der Waals surface area contributed by atoms with Crippen LogP contribution in [0.5, 0.6) is 0 Å². The standard InChI is InChI=1S/C17H25N3O4/c1-13(21)18-15-5-7-16(8-6-15)19-17(23)9-11-20(14(2)22)10-4-12-24-3/h5-8H,4,9-12H2,1-3H3,(H,18,21)(H,19,23). The third-order valence-corrected chi connectivity index (χ3v) is 3.32. The number of carbonyl (C=O) groups is 3. The molecule has 7 heteroatoms. The van der Waals surface area contributed by atoms with Gasteiger partial charge in [-0.05, 0) is 30.7 Å². The maximum absolute atomic E-state index is 12.0. The summed E-state index contributed by atoms with van der Waals surface area (Å²) in [6, 6.07) is 6.85. The summed E-state index contributed by atoms with van der Waals surface area (Å²) in [5.74, 6) is -0.372. The average molecular weight is 335 g/mol. The fourth-order valence-electron chi connectivity index (χ4n) is 2.13. The van der Waals surface area contributed by atoms with Gasteiger partial charge >= 0.3 is 0 Å². The molecule has 0 radical (unpaired) electrons. The molecule has 0 bridgehead atoms. The second kappa shape index (κ2) is 10.4. The van der Waals surface area contributed by atoms with Gasteiger partial charge in [-0.3, -0.25) is 14.4 Å². The highest BCUT2D eigenvalue weighted by atomic mass is 16.5. The largest absolute Gasteiger partial charge is 0.385 e. The number of methoxy groups -OCH3 is 1. The van der Waals surface area contributed by atoms with Gasteiger partial charge in [0.2, 0.25) is 17.7 Å². The number of nitrogens with zero attached hydrogens (tertiary/aromatic N) is 1. The highest BCUT2D eigenvalue weighted by Gasteiger charge is 2.11. The van der Waals surface area contributed by atoms with Crippen molar-refractivity contribution >= 4 is 29.1 Å². The monoisotopic (exact) mass is 335 g/mol. The van der Waals surface area contributed by atoms with Crippen molar-refractivity contribution in [3.63, 3.8) is 0 Å². The van der Waals surface area contributed by atoms with E-state index in [1.165, 1.54) is 13.8 Å². The quantitative estimate of drug-likeness (QED) is 0.674. The summed E-state index contributed by atoms with van der Waals surface area (Å²) in [5, 5.41) is 5.43. The number of ether oxygens (including phenoxy) is 1. The molecule has 1 aromatic rings. The van der Waals surface area contributed by atoms with Crippen LogP contribution in [0.15, 0.2) is 24.3 Å². The van der Waals surface area contributed by atoms with Gasteiger partial charge in [0.1, 0.15) is 0 Å². The molecule has 1 rings (SSSR count). The summed E-state index contributed by atoms with van der Waals surface area (Å²) >= 11 is 0. The molecule has 0 heterocycles. The van der Waals surface area contributed by atoms with Gasteiger partial charge in [0.25, 0.3) is 0 Å². The van der Waals surface area contributed by atoms with E-state index in [0.717, 1.165) is 6.42 Å². The highest BCUT2D eigenvalue weighted by molar-refractivity contribution is 5.92. The Morgan fingerprint density at radius 1 is 1.00 bits per heavy atom. The number of hydrogen-bond acceptors (Lipinski definition) is 4. The minimum Gasteiger partial charge on any atom is -0.385 e. The first kappa shape index (κ1) is 19.6. The topological polar surface area (TPSA) is 87.7 Å². The van der Waals surface area contributed by atoms with Gasteiger partial charge < -0.3 is 20.3 Å². The summed E-state index contributed by atoms with van der Waals surface area (Å²) in [4.78, 5) is 36.1. The molecule has 0 aliphatic rings. The Bertz CT molecular complexity index is 557. The highest BCUT2D eigenvalue weighted by Crippen LogP contribution is 2.13. The molecule has 132 valence electrons. The van der Waals surface area contributed by atoms with Crippen LogP contribution in [0.4, 0.5) is 11.4 Å². The van der Waals surface area contributed by atoms with Crippen LogP contribution in [0.25, 0.3) is 0 Å². The smallest absolute Gasteiger partial charge is 0.226 e. The molecule has 0 atom stereocenters. The minimum atomic E-state index is -0.166. The van der Waals surface area contributed by atoms with E-state index >= 15 is 0 Å². The zero-order valence-electron chi connectivity index (χ0n) is 14.4. The second-order valence-corrected chi connectivity index (χ2v) is 5.41. The van der Waals surface area contributed by atoms with Gasteiger partial charge in [-0.15, -0.1) is 0 Å². The van der Waals surface area contributed by atoms with Gasteiger partial charge in [0.05, 0.1) is 0 Å². The Hall–Kier alpha value is -2.41. The molecule has 0 aromatic heterocycles. The first-order valence-electron chi connectivity index (χ1n) is 7.84. The normalized spacial score (nSPS) is 10.1. The summed E-state index contributed by atoms with van der Waals surface area (Å²) in [7, 11) is 1.61. The zero-order chi connectivity index (χ0) is 17.9. The Labute approximate surface area is 142 Å². The number of carbonyl (C=O) groups excluding carboxylic acids is 3. The van der Waals surface area contributed by atoms with Crippen molar-refractivity contribution in [1.82, 2.24) is 4.90 Å². The van der Waals surface area contributed by atoms with E-state index in [1.54, 1.807) is 36.3 Å². The summed E-state index contributed by atoms with van der Waals surface area (Å²) in [6.45, 7) is 4.45. The number of amides is 3. The van der Waals surface area contributed by atoms with Crippen molar-refractivity contribution in [3.8, 4) is 0 Å². The Kier molecular flexibility index (Phi) is 8.49. The van der Waals surface area contributed by atoms with Crippen LogP contribution in [0, 0.1) is 0 Å². The predicted molar refractivity (Wildman–Crippen MR) is 92.7 cm³/mol. The summed E-state index contributed by atoms with van der Waals surface area (Å²) in [5.41, 5.74) is 1.31. The fourth-order valence-corrected chi connectivity index (χ4v) is 2.13. The maximum Gasteiger partial charge on any atom is 0.226 e. The second-order valence-electron chi connectivity index (χ2n) is 5.41. The van der Waals surface area contributed by atoms with Gasteiger partial charge in [-0.25, -0.2) is 0 Å². The third kappa shape index (κ3) is 7.73. The van der Waals surface area contributed by atoms with Crippen LogP contribution in [0.2, 0.25) is 0 Å². The van der Waals surface area contributed by atoms with E-state index < -0.39 is 0 Å². The van der Waals surface area contributed by atoms with Crippen LogP contribution in [-0.4, -0.2) is 49.4 Å². The Balaban J connectivity index is 2.44. The average Bonchev–Trinajstić information content (AvgIpc) is 2.51. The zero-order valence-corrected chi connectivity index (χ0v) is 14.4. The van der Waals surface area contributed by atoms with Crippen molar-refractivity contribution in [2.45, 2.75) is 26.7 Å². The number of nitrogens with one attached hydrogen (secondary N) is 2. The van der Waals surface area contributed by atoms with Gasteiger partial charge in [0, 0.05) is 58.4 Å². The number of benzene rings is 1. The van der Waals surface area contributed by atoms with Crippen molar-refractivity contribution in [1.29, 1.82) is 0 Å². The van der Waals surface area contributed by atoms with E-state index in [0.29, 0.717) is 31.1 Å². The van der Waals surface area contributed by atoms with Gasteiger partial charge in [-0.1, -0.05) is 0 Å². The van der Waals surface area contributed by atoms with Gasteiger partial charge in [-0.2, -0.15) is 0 Å². The van der Waals surface area contributed by atoms with Crippen LogP contribution in [0.1, 0.15) is 26.7 Å². The lowest BCUT2D eigenvalue weighted by Crippen LogP contribution is -2.33. The third-order valence-electron chi connectivity index (χ3n) is 3.32. The summed E-state index contributed by atoms with van der Waals surface area (Å²) < 4.78 is 4.97. The molecule has 0 aliphatic heterocycles. The SMILES string of the molecule is COCCCN(CCC(=O)Nc1ccc(NC(C)=O)cc1)C(C)=O. The molecule has 24 heavy (non-hydrogen) atoms. The molecule has 0 spiro atoms. The minimum absolute atomic E-state index is 0.0569. The molecule has 7 nitrogen and oxygen atoms in total. The van der Waals surface area contributed by atoms with Crippen LogP contribution in [0.3, 0.4) is 0 Å². The first-order chi connectivity index (χ1) is 11.4. The van der Waals surface area contributed by atoms with Crippen molar-refractivity contribution in [2.75, 3.05) is 37.4 Å². The lowest BCUT2D eigenvalue weighted by molar-refractivity contribution is -0.129. The van der Waals surface area contributed by atoms with Crippen molar-refractivity contribution in [3.05, 3.63) is 24.3 Å². The van der Waals surface area contributed by atoms with Crippen molar-refractivity contribution in [2.24, 2.45) is 0 Å². The van der Waals surface area contributed by atoms with E-state index in [4.69, 9.17) is 4.74 Å². The molecule has 2 N–H and O–H groups in total.